The lowest BCUT2D eigenvalue weighted by atomic mass is 9.92. The highest BCUT2D eigenvalue weighted by Gasteiger charge is 2.68. The second-order valence-electron chi connectivity index (χ2n) is 7.63. The fourth-order valence-corrected chi connectivity index (χ4v) is 5.19. The Bertz CT molecular complexity index is 580. The number of aliphatic hydroxyl groups excluding tert-OH is 1. The van der Waals surface area contributed by atoms with Gasteiger partial charge in [0.05, 0.1) is 26.2 Å². The predicted octanol–water partition coefficient (Wildman–Crippen LogP) is 3.66. The van der Waals surface area contributed by atoms with Gasteiger partial charge in [-0.25, -0.2) is 0 Å². The molecule has 1 N–H and O–H groups in total. The van der Waals surface area contributed by atoms with Crippen molar-refractivity contribution < 1.29 is 46.4 Å². The minimum atomic E-state index is -4.81. The third kappa shape index (κ3) is 5.18. The SMILES string of the molecule is CCCCOC1[C@@H]2OC(C)(C)O[C@H]2O[C@@]1(CO)CC(F)(F)P(=O)(OCC)OCC. The molecule has 0 spiro atoms. The third-order valence-electron chi connectivity index (χ3n) is 4.83. The summed E-state index contributed by atoms with van der Waals surface area (Å²) in [6, 6.07) is 0. The smallest absolute Gasteiger partial charge is 0.393 e. The maximum Gasteiger partial charge on any atom is 0.399 e. The van der Waals surface area contributed by atoms with Gasteiger partial charge < -0.3 is 33.1 Å². The first kappa shape index (κ1) is 25.1. The summed E-state index contributed by atoms with van der Waals surface area (Å²) in [6.07, 6.45) is -2.48. The third-order valence-corrected chi connectivity index (χ3v) is 6.99. The molecule has 0 aromatic heterocycles. The van der Waals surface area contributed by atoms with E-state index in [0.717, 1.165) is 6.42 Å². The van der Waals surface area contributed by atoms with E-state index in [4.69, 9.17) is 28.0 Å². The van der Waals surface area contributed by atoms with Gasteiger partial charge in [0.15, 0.2) is 12.1 Å². The van der Waals surface area contributed by atoms with E-state index in [2.05, 4.69) is 0 Å². The van der Waals surface area contributed by atoms with Gasteiger partial charge in [-0.2, -0.15) is 8.78 Å². The molecule has 0 aliphatic carbocycles. The molecule has 1 unspecified atom stereocenters. The largest absolute Gasteiger partial charge is 0.399 e. The van der Waals surface area contributed by atoms with Crippen LogP contribution in [0.2, 0.25) is 0 Å². The molecule has 0 aromatic carbocycles. The Morgan fingerprint density at radius 2 is 1.72 bits per heavy atom. The fraction of sp³-hybridized carbons (Fsp3) is 1.00. The van der Waals surface area contributed by atoms with Crippen LogP contribution in [-0.2, 0) is 32.6 Å². The predicted molar refractivity (Wildman–Crippen MR) is 99.8 cm³/mol. The van der Waals surface area contributed by atoms with Gasteiger partial charge in [0.2, 0.25) is 0 Å². The standard InChI is InChI=1S/C18H33F2O8P/c1-6-9-10-23-14-13-15(27-16(4,5)26-13)28-17(14,12-21)11-18(19,20)29(22,24-7-2)25-8-3/h13-15,21H,6-12H2,1-5H3/t13-,14?,15-,17+/m0/s1. The van der Waals surface area contributed by atoms with Crippen molar-refractivity contribution in [2.45, 2.75) is 89.4 Å². The van der Waals surface area contributed by atoms with Crippen LogP contribution >= 0.6 is 7.60 Å². The zero-order valence-corrected chi connectivity index (χ0v) is 18.6. The van der Waals surface area contributed by atoms with Gasteiger partial charge in [0, 0.05) is 6.61 Å². The highest BCUT2D eigenvalue weighted by molar-refractivity contribution is 7.55. The summed E-state index contributed by atoms with van der Waals surface area (Å²) in [5.74, 6) is -0.988. The Balaban J connectivity index is 2.33. The summed E-state index contributed by atoms with van der Waals surface area (Å²) in [5.41, 5.74) is -5.82. The number of hydrogen-bond donors (Lipinski definition) is 1. The van der Waals surface area contributed by atoms with E-state index >= 15 is 8.78 Å². The fourth-order valence-electron chi connectivity index (χ4n) is 3.60. The first-order valence-corrected chi connectivity index (χ1v) is 11.6. The van der Waals surface area contributed by atoms with E-state index in [0.29, 0.717) is 6.42 Å². The normalized spacial score (nSPS) is 31.9. The van der Waals surface area contributed by atoms with Crippen LogP contribution < -0.4 is 0 Å². The molecule has 2 aliphatic rings. The van der Waals surface area contributed by atoms with Crippen molar-refractivity contribution in [1.29, 1.82) is 0 Å². The molecule has 0 aromatic rings. The van der Waals surface area contributed by atoms with Crippen LogP contribution in [0.4, 0.5) is 8.78 Å². The Hall–Kier alpha value is -0.190. The number of halogens is 2. The molecule has 2 fully saturated rings. The molecule has 29 heavy (non-hydrogen) atoms. The van der Waals surface area contributed by atoms with Crippen LogP contribution in [0, 0.1) is 0 Å². The Labute approximate surface area is 170 Å². The van der Waals surface area contributed by atoms with Gasteiger partial charge in [-0.05, 0) is 34.1 Å². The van der Waals surface area contributed by atoms with E-state index in [1.165, 1.54) is 13.8 Å². The van der Waals surface area contributed by atoms with Crippen LogP contribution in [0.1, 0.15) is 53.9 Å². The van der Waals surface area contributed by atoms with Crippen molar-refractivity contribution in [1.82, 2.24) is 0 Å². The molecule has 11 heteroatoms. The molecule has 8 nitrogen and oxygen atoms in total. The first-order chi connectivity index (χ1) is 13.5. The van der Waals surface area contributed by atoms with Gasteiger partial charge in [-0.3, -0.25) is 4.57 Å². The molecule has 0 radical (unpaired) electrons. The number of hydrogen-bond acceptors (Lipinski definition) is 8. The maximum atomic E-state index is 15.2. The molecular formula is C18H33F2O8P. The average Bonchev–Trinajstić information content (AvgIpc) is 3.05. The van der Waals surface area contributed by atoms with Gasteiger partial charge >= 0.3 is 13.3 Å². The van der Waals surface area contributed by atoms with Crippen LogP contribution in [0.15, 0.2) is 0 Å². The minimum absolute atomic E-state index is 0.220. The zero-order chi connectivity index (χ0) is 21.9. The van der Waals surface area contributed by atoms with Crippen molar-refractivity contribution in [3.8, 4) is 0 Å². The van der Waals surface area contributed by atoms with Crippen LogP contribution in [0.3, 0.4) is 0 Å². The summed E-state index contributed by atoms with van der Waals surface area (Å²) in [4.78, 5) is 0. The molecule has 2 heterocycles. The van der Waals surface area contributed by atoms with Crippen molar-refractivity contribution in [3.63, 3.8) is 0 Å². The van der Waals surface area contributed by atoms with Crippen molar-refractivity contribution >= 4 is 7.60 Å². The summed E-state index contributed by atoms with van der Waals surface area (Å²) >= 11 is 0. The van der Waals surface area contributed by atoms with E-state index in [9.17, 15) is 9.67 Å². The topological polar surface area (TPSA) is 92.7 Å². The second kappa shape index (κ2) is 9.53. The molecule has 0 amide bonds. The Morgan fingerprint density at radius 3 is 2.24 bits per heavy atom. The van der Waals surface area contributed by atoms with Gasteiger partial charge in [0.1, 0.15) is 17.8 Å². The molecular weight excluding hydrogens is 413 g/mol. The molecule has 0 saturated carbocycles. The number of alkyl halides is 2. The summed E-state index contributed by atoms with van der Waals surface area (Å²) in [7, 11) is -4.81. The van der Waals surface area contributed by atoms with E-state index in [-0.39, 0.29) is 19.8 Å². The molecule has 2 rings (SSSR count). The Morgan fingerprint density at radius 1 is 1.10 bits per heavy atom. The number of aliphatic hydroxyl groups is 1. The van der Waals surface area contributed by atoms with Gasteiger partial charge in [0.25, 0.3) is 0 Å². The van der Waals surface area contributed by atoms with Crippen molar-refractivity contribution in [2.24, 2.45) is 0 Å². The highest BCUT2D eigenvalue weighted by atomic mass is 31.2. The first-order valence-electron chi connectivity index (χ1n) is 10.0. The number of ether oxygens (including phenoxy) is 4. The summed E-state index contributed by atoms with van der Waals surface area (Å²) in [6.45, 7) is 7.21. The molecule has 0 bridgehead atoms. The lowest BCUT2D eigenvalue weighted by Gasteiger charge is -2.38. The number of unbranched alkanes of at least 4 members (excludes halogenated alkanes) is 1. The lowest BCUT2D eigenvalue weighted by molar-refractivity contribution is -0.259. The van der Waals surface area contributed by atoms with Crippen LogP contribution in [0.25, 0.3) is 0 Å². The van der Waals surface area contributed by atoms with Crippen molar-refractivity contribution in [2.75, 3.05) is 26.4 Å². The van der Waals surface area contributed by atoms with Crippen molar-refractivity contribution in [3.05, 3.63) is 0 Å². The molecule has 2 aliphatic heterocycles. The number of fused-ring (bicyclic) bond motifs is 1. The van der Waals surface area contributed by atoms with E-state index < -0.39 is 56.2 Å². The second-order valence-corrected chi connectivity index (χ2v) is 9.80. The van der Waals surface area contributed by atoms with E-state index in [1.807, 2.05) is 6.92 Å². The van der Waals surface area contributed by atoms with Gasteiger partial charge in [-0.1, -0.05) is 13.3 Å². The lowest BCUT2D eigenvalue weighted by Crippen LogP contribution is -2.52. The molecule has 172 valence electrons. The minimum Gasteiger partial charge on any atom is -0.393 e. The van der Waals surface area contributed by atoms with E-state index in [1.54, 1.807) is 13.8 Å². The molecule has 2 saturated heterocycles. The summed E-state index contributed by atoms with van der Waals surface area (Å²) in [5, 5.41) is 10.1. The zero-order valence-electron chi connectivity index (χ0n) is 17.7. The quantitative estimate of drug-likeness (QED) is 0.359. The van der Waals surface area contributed by atoms with Crippen LogP contribution in [-0.4, -0.2) is 67.1 Å². The number of rotatable bonds is 12. The molecule has 4 atom stereocenters. The Kier molecular flexibility index (Phi) is 8.24. The maximum absolute atomic E-state index is 15.2. The van der Waals surface area contributed by atoms with Gasteiger partial charge in [-0.15, -0.1) is 0 Å². The average molecular weight is 446 g/mol. The monoisotopic (exact) mass is 446 g/mol. The van der Waals surface area contributed by atoms with Crippen LogP contribution in [0.5, 0.6) is 0 Å². The highest BCUT2D eigenvalue weighted by Crippen LogP contribution is 2.65. The summed E-state index contributed by atoms with van der Waals surface area (Å²) < 4.78 is 75.8.